The molecule has 210 valence electrons. The van der Waals surface area contributed by atoms with Gasteiger partial charge in [-0.15, -0.1) is 0 Å². The number of hydrogen-bond donors (Lipinski definition) is 1. The fourth-order valence-corrected chi connectivity index (χ4v) is 4.59. The van der Waals surface area contributed by atoms with Gasteiger partial charge in [0.15, 0.2) is 6.29 Å². The van der Waals surface area contributed by atoms with Gasteiger partial charge in [-0.25, -0.2) is 0 Å². The molecule has 4 unspecified atom stereocenters. The first kappa shape index (κ1) is 32.4. The quantitative estimate of drug-likeness (QED) is 0.167. The van der Waals surface area contributed by atoms with E-state index in [9.17, 15) is 14.4 Å². The Bertz CT molecular complexity index is 613. The normalized spacial score (nSPS) is 21.7. The molecule has 0 aliphatic carbocycles. The number of esters is 2. The zero-order chi connectivity index (χ0) is 26.6. The molecule has 1 saturated heterocycles. The lowest BCUT2D eigenvalue weighted by Gasteiger charge is -2.40. The molecule has 1 aliphatic heterocycles. The van der Waals surface area contributed by atoms with Crippen molar-refractivity contribution in [1.82, 2.24) is 5.32 Å². The predicted octanol–water partition coefficient (Wildman–Crippen LogP) is 5.60. The Kier molecular flexibility index (Phi) is 18.3. The predicted molar refractivity (Wildman–Crippen MR) is 139 cm³/mol. The molecule has 1 fully saturated rings. The lowest BCUT2D eigenvalue weighted by atomic mass is 10.00. The Labute approximate surface area is 218 Å². The third-order valence-corrected chi connectivity index (χ3v) is 6.48. The molecule has 1 N–H and O–H groups in total. The van der Waals surface area contributed by atoms with Crippen molar-refractivity contribution >= 4 is 17.8 Å². The second-order valence-corrected chi connectivity index (χ2v) is 10.0. The van der Waals surface area contributed by atoms with Gasteiger partial charge >= 0.3 is 11.9 Å². The van der Waals surface area contributed by atoms with E-state index in [1.54, 1.807) is 0 Å². The largest absolute Gasteiger partial charge is 0.463 e. The number of amides is 1. The SMILES string of the molecule is CCCCCCCCCCCCCCCCOC1OC(COC(C)=O)C(OC(C)=O)CC1NC(C)=O. The number of rotatable bonds is 20. The van der Waals surface area contributed by atoms with E-state index in [1.165, 1.54) is 97.8 Å². The molecule has 8 heteroatoms. The van der Waals surface area contributed by atoms with Gasteiger partial charge in [-0.1, -0.05) is 90.4 Å². The highest BCUT2D eigenvalue weighted by Gasteiger charge is 2.41. The Morgan fingerprint density at radius 3 is 1.78 bits per heavy atom. The van der Waals surface area contributed by atoms with E-state index in [0.717, 1.165) is 12.8 Å². The molecular formula is C28H51NO7. The lowest BCUT2D eigenvalue weighted by molar-refractivity contribution is -0.248. The number of carbonyl (C=O) groups is 3. The van der Waals surface area contributed by atoms with Crippen LogP contribution in [0.1, 0.15) is 124 Å². The molecule has 0 aromatic rings. The second-order valence-electron chi connectivity index (χ2n) is 10.0. The number of carbonyl (C=O) groups excluding carboxylic acids is 3. The van der Waals surface area contributed by atoms with Crippen LogP contribution in [0.25, 0.3) is 0 Å². The van der Waals surface area contributed by atoms with Crippen LogP contribution in [0.3, 0.4) is 0 Å². The number of ether oxygens (including phenoxy) is 4. The maximum absolute atomic E-state index is 11.7. The van der Waals surface area contributed by atoms with Gasteiger partial charge < -0.3 is 24.3 Å². The van der Waals surface area contributed by atoms with Crippen molar-refractivity contribution in [1.29, 1.82) is 0 Å². The van der Waals surface area contributed by atoms with Gasteiger partial charge in [-0.3, -0.25) is 14.4 Å². The monoisotopic (exact) mass is 513 g/mol. The summed E-state index contributed by atoms with van der Waals surface area (Å²) in [7, 11) is 0. The van der Waals surface area contributed by atoms with Crippen LogP contribution in [0, 0.1) is 0 Å². The first-order valence-electron chi connectivity index (χ1n) is 14.2. The first-order chi connectivity index (χ1) is 17.3. The Morgan fingerprint density at radius 1 is 0.778 bits per heavy atom. The molecule has 0 bridgehead atoms. The molecule has 0 aromatic carbocycles. The van der Waals surface area contributed by atoms with Crippen molar-refractivity contribution < 1.29 is 33.3 Å². The van der Waals surface area contributed by atoms with Crippen molar-refractivity contribution in [3.8, 4) is 0 Å². The summed E-state index contributed by atoms with van der Waals surface area (Å²) in [5, 5.41) is 2.83. The van der Waals surface area contributed by atoms with E-state index in [4.69, 9.17) is 18.9 Å². The summed E-state index contributed by atoms with van der Waals surface area (Å²) >= 11 is 0. The summed E-state index contributed by atoms with van der Waals surface area (Å²) in [6.07, 6.45) is 16.4. The average molecular weight is 514 g/mol. The van der Waals surface area contributed by atoms with Gasteiger partial charge in [0.2, 0.25) is 5.91 Å². The van der Waals surface area contributed by atoms with Crippen LogP contribution in [-0.2, 0) is 33.3 Å². The zero-order valence-corrected chi connectivity index (χ0v) is 23.2. The fraction of sp³-hybridized carbons (Fsp3) is 0.893. The summed E-state index contributed by atoms with van der Waals surface area (Å²) in [6.45, 7) is 6.78. The zero-order valence-electron chi connectivity index (χ0n) is 23.2. The van der Waals surface area contributed by atoms with Gasteiger partial charge in [0.05, 0.1) is 6.04 Å². The standard InChI is InChI=1S/C28H51NO7/c1-5-6-7-8-9-10-11-12-13-14-15-16-17-18-19-33-28-25(29-22(2)30)20-26(35-24(4)32)27(36-28)21-34-23(3)31/h25-28H,5-21H2,1-4H3,(H,29,30). The molecule has 1 heterocycles. The summed E-state index contributed by atoms with van der Waals surface area (Å²) in [6, 6.07) is -0.452. The summed E-state index contributed by atoms with van der Waals surface area (Å²) < 4.78 is 22.4. The molecule has 1 rings (SSSR count). The molecule has 0 spiro atoms. The van der Waals surface area contributed by atoms with E-state index in [2.05, 4.69) is 12.2 Å². The van der Waals surface area contributed by atoms with Crippen LogP contribution in [0.4, 0.5) is 0 Å². The van der Waals surface area contributed by atoms with E-state index in [-0.39, 0.29) is 12.5 Å². The third-order valence-electron chi connectivity index (χ3n) is 6.48. The van der Waals surface area contributed by atoms with Crippen LogP contribution in [0.2, 0.25) is 0 Å². The minimum atomic E-state index is -0.691. The Balaban J connectivity index is 2.27. The first-order valence-corrected chi connectivity index (χ1v) is 14.2. The molecule has 8 nitrogen and oxygen atoms in total. The summed E-state index contributed by atoms with van der Waals surface area (Å²) in [4.78, 5) is 34.5. The van der Waals surface area contributed by atoms with Gasteiger partial charge in [0.25, 0.3) is 0 Å². The average Bonchev–Trinajstić information content (AvgIpc) is 2.81. The second kappa shape index (κ2) is 20.4. The molecular weight excluding hydrogens is 462 g/mol. The smallest absolute Gasteiger partial charge is 0.302 e. The van der Waals surface area contributed by atoms with Crippen LogP contribution < -0.4 is 5.32 Å². The van der Waals surface area contributed by atoms with E-state index in [1.807, 2.05) is 0 Å². The number of unbranched alkanes of at least 4 members (excludes halogenated alkanes) is 13. The van der Waals surface area contributed by atoms with Crippen molar-refractivity contribution in [3.05, 3.63) is 0 Å². The van der Waals surface area contributed by atoms with Crippen LogP contribution >= 0.6 is 0 Å². The maximum Gasteiger partial charge on any atom is 0.302 e. The molecule has 4 atom stereocenters. The molecule has 0 saturated carbocycles. The number of nitrogens with one attached hydrogen (secondary N) is 1. The molecule has 0 aromatic heterocycles. The van der Waals surface area contributed by atoms with Gasteiger partial charge in [0, 0.05) is 33.8 Å². The van der Waals surface area contributed by atoms with Crippen molar-refractivity contribution in [2.45, 2.75) is 149 Å². The maximum atomic E-state index is 11.7. The van der Waals surface area contributed by atoms with Gasteiger partial charge in [-0.05, 0) is 6.42 Å². The molecule has 0 radical (unpaired) electrons. The topological polar surface area (TPSA) is 100 Å². The minimum Gasteiger partial charge on any atom is -0.463 e. The van der Waals surface area contributed by atoms with Crippen molar-refractivity contribution in [3.63, 3.8) is 0 Å². The highest BCUT2D eigenvalue weighted by molar-refractivity contribution is 5.73. The summed E-state index contributed by atoms with van der Waals surface area (Å²) in [5.74, 6) is -1.11. The minimum absolute atomic E-state index is 0.0429. The van der Waals surface area contributed by atoms with Crippen LogP contribution in [0.5, 0.6) is 0 Å². The van der Waals surface area contributed by atoms with Crippen molar-refractivity contribution in [2.24, 2.45) is 0 Å². The van der Waals surface area contributed by atoms with E-state index >= 15 is 0 Å². The van der Waals surface area contributed by atoms with Crippen LogP contribution in [0.15, 0.2) is 0 Å². The van der Waals surface area contributed by atoms with E-state index < -0.39 is 36.5 Å². The van der Waals surface area contributed by atoms with Gasteiger partial charge in [0.1, 0.15) is 18.8 Å². The Hall–Kier alpha value is -1.67. The fourth-order valence-electron chi connectivity index (χ4n) is 4.59. The van der Waals surface area contributed by atoms with Crippen LogP contribution in [-0.4, -0.2) is 55.6 Å². The summed E-state index contributed by atoms with van der Waals surface area (Å²) in [5.41, 5.74) is 0. The van der Waals surface area contributed by atoms with Crippen molar-refractivity contribution in [2.75, 3.05) is 13.2 Å². The highest BCUT2D eigenvalue weighted by Crippen LogP contribution is 2.25. The molecule has 1 amide bonds. The van der Waals surface area contributed by atoms with E-state index in [0.29, 0.717) is 13.0 Å². The lowest BCUT2D eigenvalue weighted by Crippen LogP contribution is -2.57. The third kappa shape index (κ3) is 16.1. The number of hydrogen-bond acceptors (Lipinski definition) is 7. The molecule has 36 heavy (non-hydrogen) atoms. The van der Waals surface area contributed by atoms with Gasteiger partial charge in [-0.2, -0.15) is 0 Å². The molecule has 1 aliphatic rings. The highest BCUT2D eigenvalue weighted by atomic mass is 16.7. The Morgan fingerprint density at radius 2 is 1.31 bits per heavy atom.